The Morgan fingerprint density at radius 1 is 0.333 bits per heavy atom. The maximum Gasteiger partial charge on any atom is 0.0554 e. The van der Waals surface area contributed by atoms with Crippen molar-refractivity contribution >= 4 is 70.4 Å². The topological polar surface area (TPSA) is 8.17 Å². The van der Waals surface area contributed by atoms with E-state index in [0.29, 0.717) is 0 Å². The van der Waals surface area contributed by atoms with E-state index in [-0.39, 0.29) is 0 Å². The monoisotopic (exact) mass is 744 g/mol. The van der Waals surface area contributed by atoms with E-state index in [1.807, 2.05) is 11.3 Å². The maximum atomic E-state index is 2.42. The van der Waals surface area contributed by atoms with Gasteiger partial charge in [0.05, 0.1) is 16.7 Å². The number of rotatable bonds is 7. The molecule has 9 aromatic carbocycles. The Bertz CT molecular complexity index is 3200. The number of thiophene rings is 1. The second-order valence-corrected chi connectivity index (χ2v) is 15.6. The van der Waals surface area contributed by atoms with E-state index in [4.69, 9.17) is 0 Å². The van der Waals surface area contributed by atoms with Crippen LogP contribution in [0.1, 0.15) is 0 Å². The first-order chi connectivity index (χ1) is 28.3. The van der Waals surface area contributed by atoms with Gasteiger partial charge in [-0.1, -0.05) is 146 Å². The standard InChI is InChI=1S/C54H36N2S/c1-3-12-37(13-4-1)39-22-29-43(30-23-39)55(51-19-11-21-53-54(51)47-17-8-10-20-52(47)57-53)44-31-26-41(27-32-44)42-28-35-50-48(36-42)46-16-7-9-18-49(46)56(50)45-33-24-40(25-34-45)38-14-5-2-6-15-38/h1-36H. The van der Waals surface area contributed by atoms with Crippen molar-refractivity contribution < 1.29 is 0 Å². The van der Waals surface area contributed by atoms with Crippen LogP contribution >= 0.6 is 11.3 Å². The second kappa shape index (κ2) is 13.8. The van der Waals surface area contributed by atoms with Gasteiger partial charge in [0.2, 0.25) is 0 Å². The zero-order chi connectivity index (χ0) is 37.7. The van der Waals surface area contributed by atoms with Gasteiger partial charge in [-0.05, 0) is 106 Å². The molecule has 2 nitrogen and oxygen atoms in total. The molecule has 0 amide bonds. The summed E-state index contributed by atoms with van der Waals surface area (Å²) in [5.41, 5.74) is 14.2. The lowest BCUT2D eigenvalue weighted by atomic mass is 10.0. The molecule has 0 saturated heterocycles. The lowest BCUT2D eigenvalue weighted by Gasteiger charge is -2.27. The van der Waals surface area contributed by atoms with Crippen molar-refractivity contribution in [2.75, 3.05) is 4.90 Å². The fourth-order valence-corrected chi connectivity index (χ4v) is 9.60. The van der Waals surface area contributed by atoms with E-state index in [9.17, 15) is 0 Å². The Labute approximate surface area is 335 Å². The first-order valence-electron chi connectivity index (χ1n) is 19.4. The molecule has 0 aliphatic carbocycles. The molecule has 2 heterocycles. The zero-order valence-corrected chi connectivity index (χ0v) is 31.9. The molecule has 57 heavy (non-hydrogen) atoms. The van der Waals surface area contributed by atoms with E-state index < -0.39 is 0 Å². The number of fused-ring (bicyclic) bond motifs is 6. The van der Waals surface area contributed by atoms with Gasteiger partial charge in [0.25, 0.3) is 0 Å². The van der Waals surface area contributed by atoms with Gasteiger partial charge in [0.1, 0.15) is 0 Å². The molecule has 0 atom stereocenters. The van der Waals surface area contributed by atoms with Gasteiger partial charge in [-0.25, -0.2) is 0 Å². The van der Waals surface area contributed by atoms with E-state index >= 15 is 0 Å². The highest BCUT2D eigenvalue weighted by atomic mass is 32.1. The predicted molar refractivity (Wildman–Crippen MR) is 245 cm³/mol. The molecule has 0 spiro atoms. The van der Waals surface area contributed by atoms with Crippen LogP contribution in [0.3, 0.4) is 0 Å². The van der Waals surface area contributed by atoms with Gasteiger partial charge in [-0.15, -0.1) is 11.3 Å². The Kier molecular flexibility index (Phi) is 8.04. The maximum absolute atomic E-state index is 2.42. The average Bonchev–Trinajstić information content (AvgIpc) is 3.84. The van der Waals surface area contributed by atoms with E-state index in [2.05, 4.69) is 228 Å². The minimum absolute atomic E-state index is 1.12. The van der Waals surface area contributed by atoms with Crippen LogP contribution in [-0.2, 0) is 0 Å². The molecule has 11 aromatic rings. The minimum Gasteiger partial charge on any atom is -0.310 e. The van der Waals surface area contributed by atoms with Crippen LogP contribution in [0.4, 0.5) is 17.1 Å². The Balaban J connectivity index is 1.00. The molecule has 0 bridgehead atoms. The molecule has 2 aromatic heterocycles. The number of benzene rings is 9. The Morgan fingerprint density at radius 3 is 1.49 bits per heavy atom. The molecular weight excluding hydrogens is 709 g/mol. The van der Waals surface area contributed by atoms with Crippen LogP contribution in [-0.4, -0.2) is 4.57 Å². The normalized spacial score (nSPS) is 11.5. The molecule has 0 aliphatic heterocycles. The third-order valence-corrected chi connectivity index (χ3v) is 12.4. The van der Waals surface area contributed by atoms with Crippen molar-refractivity contribution in [3.8, 4) is 39.1 Å². The van der Waals surface area contributed by atoms with Crippen LogP contribution < -0.4 is 4.90 Å². The van der Waals surface area contributed by atoms with Crippen LogP contribution in [0.15, 0.2) is 218 Å². The van der Waals surface area contributed by atoms with Crippen LogP contribution in [0.25, 0.3) is 81.0 Å². The number of aromatic nitrogens is 1. The first-order valence-corrected chi connectivity index (χ1v) is 20.2. The minimum atomic E-state index is 1.12. The summed E-state index contributed by atoms with van der Waals surface area (Å²) in [5.74, 6) is 0. The largest absolute Gasteiger partial charge is 0.310 e. The van der Waals surface area contributed by atoms with Gasteiger partial charge in [0, 0.05) is 48.0 Å². The summed E-state index contributed by atoms with van der Waals surface area (Å²) in [6.07, 6.45) is 0. The van der Waals surface area contributed by atoms with Crippen molar-refractivity contribution in [1.82, 2.24) is 4.57 Å². The van der Waals surface area contributed by atoms with Crippen molar-refractivity contribution in [3.05, 3.63) is 218 Å². The first kappa shape index (κ1) is 33.2. The molecule has 0 unspecified atom stereocenters. The fourth-order valence-electron chi connectivity index (χ4n) is 8.47. The number of nitrogens with zero attached hydrogens (tertiary/aromatic N) is 2. The highest BCUT2D eigenvalue weighted by molar-refractivity contribution is 7.26. The molecule has 0 radical (unpaired) electrons. The third-order valence-electron chi connectivity index (χ3n) is 11.2. The molecule has 0 fully saturated rings. The lowest BCUT2D eigenvalue weighted by Crippen LogP contribution is -2.10. The molecule has 268 valence electrons. The van der Waals surface area contributed by atoms with Crippen LogP contribution in [0.2, 0.25) is 0 Å². The Hall–Kier alpha value is -7.20. The summed E-state index contributed by atoms with van der Waals surface area (Å²) < 4.78 is 4.98. The number of hydrogen-bond donors (Lipinski definition) is 0. The Morgan fingerprint density at radius 2 is 0.825 bits per heavy atom. The molecule has 0 N–H and O–H groups in total. The van der Waals surface area contributed by atoms with E-state index in [1.54, 1.807) is 0 Å². The van der Waals surface area contributed by atoms with Crippen LogP contribution in [0, 0.1) is 0 Å². The highest BCUT2D eigenvalue weighted by Gasteiger charge is 2.19. The fraction of sp³-hybridized carbons (Fsp3) is 0. The van der Waals surface area contributed by atoms with Crippen molar-refractivity contribution in [2.45, 2.75) is 0 Å². The van der Waals surface area contributed by atoms with Crippen LogP contribution in [0.5, 0.6) is 0 Å². The molecule has 0 saturated carbocycles. The van der Waals surface area contributed by atoms with Gasteiger partial charge in [-0.2, -0.15) is 0 Å². The van der Waals surface area contributed by atoms with Gasteiger partial charge in [-0.3, -0.25) is 0 Å². The summed E-state index contributed by atoms with van der Waals surface area (Å²) in [7, 11) is 0. The summed E-state index contributed by atoms with van der Waals surface area (Å²) in [6, 6.07) is 79.3. The van der Waals surface area contributed by atoms with E-state index in [1.165, 1.54) is 81.0 Å². The lowest BCUT2D eigenvalue weighted by molar-refractivity contribution is 1.18. The summed E-state index contributed by atoms with van der Waals surface area (Å²) >= 11 is 1.86. The van der Waals surface area contributed by atoms with Gasteiger partial charge >= 0.3 is 0 Å². The highest BCUT2D eigenvalue weighted by Crippen LogP contribution is 2.45. The smallest absolute Gasteiger partial charge is 0.0554 e. The molecule has 0 aliphatic rings. The second-order valence-electron chi connectivity index (χ2n) is 14.5. The predicted octanol–water partition coefficient (Wildman–Crippen LogP) is 15.6. The number of para-hydroxylation sites is 1. The van der Waals surface area contributed by atoms with Crippen molar-refractivity contribution in [3.63, 3.8) is 0 Å². The number of anilines is 3. The van der Waals surface area contributed by atoms with E-state index in [0.717, 1.165) is 17.1 Å². The summed E-state index contributed by atoms with van der Waals surface area (Å²) in [6.45, 7) is 0. The quantitative estimate of drug-likeness (QED) is 0.158. The van der Waals surface area contributed by atoms with Gasteiger partial charge < -0.3 is 9.47 Å². The molecule has 3 heteroatoms. The SMILES string of the molecule is c1ccc(-c2ccc(N(c3ccc(-c4ccc5c(c4)c4ccccc4n5-c4ccc(-c5ccccc5)cc4)cc3)c3cccc4sc5ccccc5c34)cc2)cc1. The summed E-state index contributed by atoms with van der Waals surface area (Å²) in [5, 5.41) is 5.07. The summed E-state index contributed by atoms with van der Waals surface area (Å²) in [4.78, 5) is 2.42. The van der Waals surface area contributed by atoms with Crippen molar-refractivity contribution in [1.29, 1.82) is 0 Å². The zero-order valence-electron chi connectivity index (χ0n) is 31.1. The third kappa shape index (κ3) is 5.80. The number of hydrogen-bond acceptors (Lipinski definition) is 2. The average molecular weight is 745 g/mol. The van der Waals surface area contributed by atoms with Crippen molar-refractivity contribution in [2.24, 2.45) is 0 Å². The van der Waals surface area contributed by atoms with Gasteiger partial charge in [0.15, 0.2) is 0 Å². The molecule has 11 rings (SSSR count). The molecular formula is C54H36N2S.